The molecule has 1 heterocycles. The number of benzene rings is 1. The van der Waals surface area contributed by atoms with Crippen LogP contribution in [0.4, 0.5) is 4.79 Å². The molecule has 110 valence electrons. The molecule has 0 aromatic heterocycles. The zero-order valence-electron chi connectivity index (χ0n) is 9.73. The number of hydrogen-bond donors (Lipinski definition) is 1. The molecule has 1 aromatic carbocycles. The van der Waals surface area contributed by atoms with E-state index in [9.17, 15) is 13.2 Å². The Kier molecular flexibility index (Phi) is 4.83. The number of amides is 1. The molecule has 1 saturated heterocycles. The first-order valence-corrected chi connectivity index (χ1v) is 9.18. The standard InChI is InChI=1S/C10H8Br2ClNO5S/c11-7-1-6(20(13,16)17)2-8(12)9(7)18-4-5-3-14-10(15)19-5/h1-2,5H,3-4H2,(H,14,15). The zero-order chi connectivity index (χ0) is 14.9. The van der Waals surface area contributed by atoms with Crippen LogP contribution in [0, 0.1) is 0 Å². The normalized spacial score (nSPS) is 18.6. The van der Waals surface area contributed by atoms with Crippen LogP contribution in [-0.4, -0.2) is 33.8 Å². The Morgan fingerprint density at radius 2 is 2.00 bits per heavy atom. The fourth-order valence-electron chi connectivity index (χ4n) is 1.52. The highest BCUT2D eigenvalue weighted by atomic mass is 79.9. The first-order chi connectivity index (χ1) is 9.27. The third-order valence-corrected chi connectivity index (χ3v) is 4.93. The van der Waals surface area contributed by atoms with Gasteiger partial charge in [-0.3, -0.25) is 0 Å². The van der Waals surface area contributed by atoms with Crippen molar-refractivity contribution in [3.05, 3.63) is 21.1 Å². The van der Waals surface area contributed by atoms with Gasteiger partial charge in [0.25, 0.3) is 9.05 Å². The summed E-state index contributed by atoms with van der Waals surface area (Å²) in [7, 11) is 1.45. The summed E-state index contributed by atoms with van der Waals surface area (Å²) in [5, 5.41) is 2.50. The highest BCUT2D eigenvalue weighted by molar-refractivity contribution is 9.11. The molecule has 1 fully saturated rings. The zero-order valence-corrected chi connectivity index (χ0v) is 14.5. The topological polar surface area (TPSA) is 81.7 Å². The molecule has 2 rings (SSSR count). The Balaban J connectivity index is 2.14. The first kappa shape index (κ1) is 15.9. The minimum atomic E-state index is -3.83. The maximum absolute atomic E-state index is 11.3. The lowest BCUT2D eigenvalue weighted by Crippen LogP contribution is -2.22. The predicted molar refractivity (Wildman–Crippen MR) is 78.6 cm³/mol. The lowest BCUT2D eigenvalue weighted by Gasteiger charge is -2.13. The first-order valence-electron chi connectivity index (χ1n) is 5.28. The molecule has 1 aliphatic rings. The molecule has 1 unspecified atom stereocenters. The summed E-state index contributed by atoms with van der Waals surface area (Å²) in [6, 6.07) is 2.67. The van der Waals surface area contributed by atoms with Gasteiger partial charge in [0.1, 0.15) is 12.4 Å². The summed E-state index contributed by atoms with van der Waals surface area (Å²) in [5.41, 5.74) is 0. The monoisotopic (exact) mass is 447 g/mol. The number of nitrogens with one attached hydrogen (secondary N) is 1. The quantitative estimate of drug-likeness (QED) is 0.715. The third-order valence-electron chi connectivity index (χ3n) is 2.41. The largest absolute Gasteiger partial charge is 0.487 e. The van der Waals surface area contributed by atoms with E-state index >= 15 is 0 Å². The number of halogens is 3. The number of ether oxygens (including phenoxy) is 2. The Labute approximate surface area is 136 Å². The van der Waals surface area contributed by atoms with Crippen molar-refractivity contribution < 1.29 is 22.7 Å². The van der Waals surface area contributed by atoms with E-state index in [1.807, 2.05) is 0 Å². The number of carbonyl (C=O) groups excluding carboxylic acids is 1. The van der Waals surface area contributed by atoms with Crippen LogP contribution in [0.1, 0.15) is 0 Å². The van der Waals surface area contributed by atoms with Gasteiger partial charge in [0.2, 0.25) is 0 Å². The van der Waals surface area contributed by atoms with Gasteiger partial charge in [-0.05, 0) is 44.0 Å². The summed E-state index contributed by atoms with van der Waals surface area (Å²) in [4.78, 5) is 10.8. The smallest absolute Gasteiger partial charge is 0.407 e. The van der Waals surface area contributed by atoms with Gasteiger partial charge < -0.3 is 14.8 Å². The summed E-state index contributed by atoms with van der Waals surface area (Å²) in [6.45, 7) is 0.505. The minimum Gasteiger partial charge on any atom is -0.487 e. The number of rotatable bonds is 4. The average Bonchev–Trinajstić information content (AvgIpc) is 2.72. The van der Waals surface area contributed by atoms with E-state index in [2.05, 4.69) is 37.2 Å². The fraction of sp³-hybridized carbons (Fsp3) is 0.300. The maximum Gasteiger partial charge on any atom is 0.407 e. The molecule has 0 bridgehead atoms. The lowest BCUT2D eigenvalue weighted by atomic mass is 10.3. The Morgan fingerprint density at radius 1 is 1.40 bits per heavy atom. The van der Waals surface area contributed by atoms with E-state index < -0.39 is 21.2 Å². The Hall–Kier alpha value is -0.510. The van der Waals surface area contributed by atoms with Crippen molar-refractivity contribution in [2.24, 2.45) is 0 Å². The van der Waals surface area contributed by atoms with Crippen LogP contribution in [-0.2, 0) is 13.8 Å². The van der Waals surface area contributed by atoms with E-state index in [-0.39, 0.29) is 11.5 Å². The Bertz CT molecular complexity index is 628. The number of hydrogen-bond acceptors (Lipinski definition) is 5. The van der Waals surface area contributed by atoms with Crippen molar-refractivity contribution >= 4 is 57.7 Å². The van der Waals surface area contributed by atoms with Gasteiger partial charge in [-0.1, -0.05) is 0 Å². The van der Waals surface area contributed by atoms with E-state index in [0.717, 1.165) is 0 Å². The highest BCUT2D eigenvalue weighted by Gasteiger charge is 2.24. The summed E-state index contributed by atoms with van der Waals surface area (Å²) >= 11 is 6.42. The van der Waals surface area contributed by atoms with Gasteiger partial charge in [-0.25, -0.2) is 13.2 Å². The van der Waals surface area contributed by atoms with E-state index in [1.54, 1.807) is 0 Å². The summed E-state index contributed by atoms with van der Waals surface area (Å²) < 4.78 is 33.8. The SMILES string of the molecule is O=C1NCC(COc2c(Br)cc(S(=O)(=O)Cl)cc2Br)O1. The van der Waals surface area contributed by atoms with Gasteiger partial charge in [0.15, 0.2) is 6.10 Å². The molecular weight excluding hydrogens is 441 g/mol. The molecule has 0 radical (unpaired) electrons. The van der Waals surface area contributed by atoms with E-state index in [0.29, 0.717) is 21.2 Å². The molecule has 1 N–H and O–H groups in total. The van der Waals surface area contributed by atoms with Crippen LogP contribution < -0.4 is 10.1 Å². The number of cyclic esters (lactones) is 1. The molecule has 6 nitrogen and oxygen atoms in total. The maximum atomic E-state index is 11.3. The van der Waals surface area contributed by atoms with Crippen molar-refractivity contribution in [3.8, 4) is 5.75 Å². The second-order valence-electron chi connectivity index (χ2n) is 3.87. The molecule has 1 aromatic rings. The van der Waals surface area contributed by atoms with E-state index in [1.165, 1.54) is 12.1 Å². The summed E-state index contributed by atoms with van der Waals surface area (Å²) in [5.74, 6) is 0.400. The second kappa shape index (κ2) is 6.08. The van der Waals surface area contributed by atoms with Crippen molar-refractivity contribution in [2.75, 3.05) is 13.2 Å². The van der Waals surface area contributed by atoms with Crippen LogP contribution >= 0.6 is 42.5 Å². The predicted octanol–water partition coefficient (Wildman–Crippen LogP) is 2.63. The van der Waals surface area contributed by atoms with Crippen LogP contribution in [0.2, 0.25) is 0 Å². The Morgan fingerprint density at radius 3 is 2.45 bits per heavy atom. The number of carbonyl (C=O) groups is 1. The van der Waals surface area contributed by atoms with E-state index in [4.69, 9.17) is 20.2 Å². The van der Waals surface area contributed by atoms with Crippen LogP contribution in [0.3, 0.4) is 0 Å². The molecule has 10 heteroatoms. The van der Waals surface area contributed by atoms with Crippen LogP contribution in [0.25, 0.3) is 0 Å². The molecule has 0 aliphatic carbocycles. The van der Waals surface area contributed by atoms with Crippen LogP contribution in [0.15, 0.2) is 26.0 Å². The molecule has 0 saturated carbocycles. The van der Waals surface area contributed by atoms with Gasteiger partial charge in [-0.15, -0.1) is 0 Å². The van der Waals surface area contributed by atoms with Crippen molar-refractivity contribution in [1.82, 2.24) is 5.32 Å². The van der Waals surface area contributed by atoms with Crippen LogP contribution in [0.5, 0.6) is 5.75 Å². The van der Waals surface area contributed by atoms with Gasteiger partial charge in [-0.2, -0.15) is 0 Å². The lowest BCUT2D eigenvalue weighted by molar-refractivity contribution is 0.104. The third kappa shape index (κ3) is 3.78. The molecule has 20 heavy (non-hydrogen) atoms. The van der Waals surface area contributed by atoms with Gasteiger partial charge in [0, 0.05) is 10.7 Å². The average molecular weight is 450 g/mol. The van der Waals surface area contributed by atoms with Crippen molar-refractivity contribution in [1.29, 1.82) is 0 Å². The number of alkyl carbamates (subject to hydrolysis) is 1. The second-order valence-corrected chi connectivity index (χ2v) is 8.15. The molecule has 1 amide bonds. The van der Waals surface area contributed by atoms with Crippen molar-refractivity contribution in [2.45, 2.75) is 11.0 Å². The molecule has 1 atom stereocenters. The van der Waals surface area contributed by atoms with Crippen molar-refractivity contribution in [3.63, 3.8) is 0 Å². The minimum absolute atomic E-state index is 0.0563. The molecule has 1 aliphatic heterocycles. The van der Waals surface area contributed by atoms with Gasteiger partial charge in [0.05, 0.1) is 20.4 Å². The molecule has 0 spiro atoms. The fourth-order valence-corrected chi connectivity index (χ4v) is 4.02. The summed E-state index contributed by atoms with van der Waals surface area (Å²) in [6.07, 6.45) is -0.877. The van der Waals surface area contributed by atoms with Gasteiger partial charge >= 0.3 is 6.09 Å². The highest BCUT2D eigenvalue weighted by Crippen LogP contribution is 2.37. The molecular formula is C10H8Br2ClNO5S.